The minimum absolute atomic E-state index is 0. The summed E-state index contributed by atoms with van der Waals surface area (Å²) >= 11 is 4.59. The second-order valence-corrected chi connectivity index (χ2v) is 3.16. The molecule has 0 aliphatic carbocycles. The third-order valence-electron chi connectivity index (χ3n) is 0.261. The normalized spacial score (nSPS) is 8.50. The monoisotopic (exact) mass is 160 g/mol. The molecule has 0 heterocycles. The van der Waals surface area contributed by atoms with Crippen LogP contribution in [-0.4, -0.2) is 52.4 Å². The van der Waals surface area contributed by atoms with Crippen LogP contribution in [0.15, 0.2) is 0 Å². The van der Waals surface area contributed by atoms with Crippen molar-refractivity contribution in [2.45, 2.75) is 0 Å². The third kappa shape index (κ3) is 10.3. The Labute approximate surface area is 81.2 Å². The van der Waals surface area contributed by atoms with Crippen molar-refractivity contribution in [3.05, 3.63) is 0 Å². The molecule has 8 heavy (non-hydrogen) atoms. The minimum atomic E-state index is -0.176. The van der Waals surface area contributed by atoms with Gasteiger partial charge in [-0.15, -0.1) is 0 Å². The molecule has 0 spiro atoms. The van der Waals surface area contributed by atoms with Gasteiger partial charge in [0.05, 0.1) is 0 Å². The topological polar surface area (TPSA) is 20.3 Å². The standard InChI is InChI=1S/C3H7NOS2.Na/c1-4(2)7-3(5)6;/h1-2H3,(H,5,6);. The molecule has 0 atom stereocenters. The molecule has 0 aliphatic heterocycles. The van der Waals surface area contributed by atoms with E-state index in [1.807, 2.05) is 0 Å². The van der Waals surface area contributed by atoms with E-state index in [1.165, 1.54) is 0 Å². The number of nitrogens with zero attached hydrogens (tertiary/aromatic N) is 1. The van der Waals surface area contributed by atoms with Gasteiger partial charge in [-0.05, 0) is 14.1 Å². The van der Waals surface area contributed by atoms with Crippen molar-refractivity contribution >= 4 is 58.6 Å². The first-order valence-corrected chi connectivity index (χ1v) is 2.93. The van der Waals surface area contributed by atoms with Crippen LogP contribution in [0.25, 0.3) is 0 Å². The molecule has 0 N–H and O–H groups in total. The molecule has 1 radical (unpaired) electrons. The summed E-state index contributed by atoms with van der Waals surface area (Å²) in [5, 5.41) is 0. The van der Waals surface area contributed by atoms with Gasteiger partial charge in [-0.3, -0.25) is 4.79 Å². The van der Waals surface area contributed by atoms with Gasteiger partial charge < -0.3 is 0 Å². The van der Waals surface area contributed by atoms with Crippen LogP contribution >= 0.6 is 24.6 Å². The van der Waals surface area contributed by atoms with Gasteiger partial charge in [0.2, 0.25) is 0 Å². The molecular weight excluding hydrogens is 153 g/mol. The molecule has 5 heteroatoms. The fraction of sp³-hybridized carbons (Fsp3) is 0.667. The van der Waals surface area contributed by atoms with Gasteiger partial charge >= 0.3 is 0 Å². The number of thiol groups is 1. The van der Waals surface area contributed by atoms with E-state index in [9.17, 15) is 4.79 Å². The summed E-state index contributed by atoms with van der Waals surface area (Å²) < 4.78 is 1.51. The number of carbonyl (C=O) groups excluding carboxylic acids is 1. The molecule has 2 nitrogen and oxygen atoms in total. The Bertz CT molecular complexity index is 77.7. The van der Waals surface area contributed by atoms with Gasteiger partial charge in [-0.1, -0.05) is 12.6 Å². The largest absolute Gasteiger partial charge is 0.273 e. The van der Waals surface area contributed by atoms with E-state index < -0.39 is 0 Å². The zero-order chi connectivity index (χ0) is 5.86. The fourth-order valence-electron chi connectivity index (χ4n) is 0.156. The minimum Gasteiger partial charge on any atom is -0.273 e. The first-order chi connectivity index (χ1) is 3.13. The molecule has 0 bridgehead atoms. The molecule has 0 unspecified atom stereocenters. The van der Waals surface area contributed by atoms with E-state index in [-0.39, 0.29) is 34.0 Å². The summed E-state index contributed by atoms with van der Waals surface area (Å²) in [5.74, 6) is 0. The molecule has 0 aromatic rings. The molecule has 0 aromatic heterocycles. The van der Waals surface area contributed by atoms with Gasteiger partial charge in [0.25, 0.3) is 4.45 Å². The molecular formula is C3H7NNaOS2. The smallest absolute Gasteiger partial charge is 0.258 e. The van der Waals surface area contributed by atoms with Gasteiger partial charge in [-0.2, -0.15) is 0 Å². The Kier molecular flexibility index (Phi) is 9.71. The average molecular weight is 160 g/mol. The Balaban J connectivity index is 0. The predicted molar refractivity (Wildman–Crippen MR) is 41.4 cm³/mol. The molecule has 0 rings (SSSR count). The summed E-state index contributed by atoms with van der Waals surface area (Å²) in [5.41, 5.74) is 0. The zero-order valence-electron chi connectivity index (χ0n) is 5.21. The van der Waals surface area contributed by atoms with Crippen molar-refractivity contribution in [2.75, 3.05) is 14.1 Å². The summed E-state index contributed by atoms with van der Waals surface area (Å²) in [6.45, 7) is 0. The predicted octanol–water partition coefficient (Wildman–Crippen LogP) is 0.865. The maximum atomic E-state index is 10.0. The van der Waals surface area contributed by atoms with Crippen LogP contribution < -0.4 is 0 Å². The number of hydrogen-bond donors (Lipinski definition) is 1. The van der Waals surface area contributed by atoms with E-state index in [2.05, 4.69) is 12.6 Å². The van der Waals surface area contributed by atoms with Crippen LogP contribution in [0.4, 0.5) is 4.79 Å². The molecule has 0 fully saturated rings. The second-order valence-electron chi connectivity index (χ2n) is 1.17. The van der Waals surface area contributed by atoms with Gasteiger partial charge in [-0.25, -0.2) is 4.31 Å². The van der Waals surface area contributed by atoms with Crippen LogP contribution in [0, 0.1) is 0 Å². The Hall–Kier alpha value is 1.33. The second kappa shape index (κ2) is 6.45. The number of hydrogen-bond acceptors (Lipinski definition) is 3. The van der Waals surface area contributed by atoms with Crippen molar-refractivity contribution in [2.24, 2.45) is 0 Å². The number of carbonyl (C=O) groups is 1. The Morgan fingerprint density at radius 2 is 2.00 bits per heavy atom. The van der Waals surface area contributed by atoms with Crippen molar-refractivity contribution in [3.8, 4) is 0 Å². The average Bonchev–Trinajstić information content (AvgIpc) is 1.27. The quantitative estimate of drug-likeness (QED) is 0.349. The fourth-order valence-corrected chi connectivity index (χ4v) is 0.958. The van der Waals surface area contributed by atoms with Crippen LogP contribution in [0.5, 0.6) is 0 Å². The molecule has 43 valence electrons. The van der Waals surface area contributed by atoms with E-state index in [0.717, 1.165) is 11.9 Å². The molecule has 0 saturated heterocycles. The van der Waals surface area contributed by atoms with Crippen LogP contribution in [0.2, 0.25) is 0 Å². The summed E-state index contributed by atoms with van der Waals surface area (Å²) in [4.78, 5) is 10.0. The van der Waals surface area contributed by atoms with Crippen molar-refractivity contribution in [1.82, 2.24) is 4.31 Å². The molecule has 0 amide bonds. The summed E-state index contributed by atoms with van der Waals surface area (Å²) in [7, 11) is 3.58. The Morgan fingerprint density at radius 3 is 2.00 bits per heavy atom. The maximum Gasteiger partial charge on any atom is 0.258 e. The van der Waals surface area contributed by atoms with Crippen molar-refractivity contribution in [1.29, 1.82) is 0 Å². The zero-order valence-corrected chi connectivity index (χ0v) is 8.92. The maximum absolute atomic E-state index is 10.0. The first kappa shape index (κ1) is 12.0. The van der Waals surface area contributed by atoms with Gasteiger partial charge in [0.1, 0.15) is 0 Å². The van der Waals surface area contributed by atoms with E-state index >= 15 is 0 Å². The van der Waals surface area contributed by atoms with Crippen LogP contribution in [0.1, 0.15) is 0 Å². The van der Waals surface area contributed by atoms with E-state index in [4.69, 9.17) is 0 Å². The van der Waals surface area contributed by atoms with Gasteiger partial charge in [0, 0.05) is 41.5 Å². The van der Waals surface area contributed by atoms with Crippen LogP contribution in [-0.2, 0) is 0 Å². The first-order valence-electron chi connectivity index (χ1n) is 1.71. The van der Waals surface area contributed by atoms with Crippen LogP contribution in [0.3, 0.4) is 0 Å². The Morgan fingerprint density at radius 1 is 1.62 bits per heavy atom. The molecule has 0 aliphatic rings. The SMILES string of the molecule is CN(C)SC(=O)S.[Na]. The van der Waals surface area contributed by atoms with Crippen molar-refractivity contribution in [3.63, 3.8) is 0 Å². The summed E-state index contributed by atoms with van der Waals surface area (Å²) in [6, 6.07) is 0. The van der Waals surface area contributed by atoms with E-state index in [1.54, 1.807) is 18.4 Å². The molecule has 0 aromatic carbocycles. The van der Waals surface area contributed by atoms with Crippen molar-refractivity contribution < 1.29 is 4.79 Å². The summed E-state index contributed by atoms with van der Waals surface area (Å²) in [6.07, 6.45) is 0. The van der Waals surface area contributed by atoms with E-state index in [0.29, 0.717) is 0 Å². The number of rotatable bonds is 1. The molecule has 0 saturated carbocycles. The third-order valence-corrected chi connectivity index (χ3v) is 1.03. The van der Waals surface area contributed by atoms with Gasteiger partial charge in [0.15, 0.2) is 0 Å².